The Kier molecular flexibility index (Phi) is 3.65. The molecule has 0 atom stereocenters. The van der Waals surface area contributed by atoms with Gasteiger partial charge in [-0.15, -0.1) is 0 Å². The third-order valence-corrected chi connectivity index (χ3v) is 2.44. The van der Waals surface area contributed by atoms with Crippen LogP contribution in [0.4, 0.5) is 8.87 Å². The molecule has 0 aromatic heterocycles. The lowest BCUT2D eigenvalue weighted by molar-refractivity contribution is -0.0298. The quantitative estimate of drug-likeness (QED) is 0.527. The summed E-state index contributed by atoms with van der Waals surface area (Å²) in [7, 11) is -2.71. The van der Waals surface area contributed by atoms with Crippen LogP contribution in [0.3, 0.4) is 0 Å². The van der Waals surface area contributed by atoms with Gasteiger partial charge in [0.05, 0.1) is 5.75 Å². The van der Waals surface area contributed by atoms with E-state index in [0.717, 1.165) is 6.08 Å². The van der Waals surface area contributed by atoms with Crippen LogP contribution in [-0.4, -0.2) is 48.5 Å². The average molecular weight is 256 g/mol. The summed E-state index contributed by atoms with van der Waals surface area (Å²) in [6.45, 7) is -0.126. The third kappa shape index (κ3) is 3.98. The number of hydrazine groups is 1. The first-order valence-corrected chi connectivity index (χ1v) is 5.73. The summed E-state index contributed by atoms with van der Waals surface area (Å²) in [5.41, 5.74) is 2.03. The summed E-state index contributed by atoms with van der Waals surface area (Å²) in [6.07, 6.45) is 0.889. The van der Waals surface area contributed by atoms with Crippen LogP contribution in [0.2, 0.25) is 0 Å². The van der Waals surface area contributed by atoms with Gasteiger partial charge >= 0.3 is 0 Å². The average Bonchev–Trinajstić information content (AvgIpc) is 2.11. The second-order valence-electron chi connectivity index (χ2n) is 3.03. The van der Waals surface area contributed by atoms with Crippen LogP contribution in [0.1, 0.15) is 0 Å². The molecule has 0 saturated heterocycles. The zero-order valence-corrected chi connectivity index (χ0v) is 9.08. The van der Waals surface area contributed by atoms with Gasteiger partial charge in [0.1, 0.15) is 5.82 Å². The highest BCUT2D eigenvalue weighted by atomic mass is 32.2. The minimum Gasteiger partial charge on any atom is -0.359 e. The van der Waals surface area contributed by atoms with E-state index in [4.69, 9.17) is 4.55 Å². The predicted molar refractivity (Wildman–Crippen MR) is 51.8 cm³/mol. The Morgan fingerprint density at radius 1 is 1.69 bits per heavy atom. The third-order valence-electron chi connectivity index (χ3n) is 1.74. The van der Waals surface area contributed by atoms with Gasteiger partial charge in [0.15, 0.2) is 0 Å². The number of rotatable bonds is 4. The maximum atomic E-state index is 12.7. The summed E-state index contributed by atoms with van der Waals surface area (Å²) >= 11 is 0. The van der Waals surface area contributed by atoms with Gasteiger partial charge < -0.3 is 4.90 Å². The Hall–Kier alpha value is -1.42. The SMILES string of the molecule is CN(CCS(=O)(=O)O)C1=CC(F)=NN(F)N1. The molecule has 16 heavy (non-hydrogen) atoms. The van der Waals surface area contributed by atoms with E-state index in [1.54, 1.807) is 0 Å². The summed E-state index contributed by atoms with van der Waals surface area (Å²) in [5.74, 6) is -1.62. The minimum absolute atomic E-state index is 0.0151. The smallest absolute Gasteiger partial charge is 0.266 e. The number of hydrogen-bond acceptors (Lipinski definition) is 6. The molecule has 0 radical (unpaired) electrons. The zero-order valence-electron chi connectivity index (χ0n) is 8.26. The van der Waals surface area contributed by atoms with Crippen molar-refractivity contribution >= 4 is 16.1 Å². The van der Waals surface area contributed by atoms with Crippen LogP contribution in [0.25, 0.3) is 0 Å². The number of halogens is 2. The molecule has 0 aliphatic carbocycles. The molecule has 7 nitrogen and oxygen atoms in total. The molecule has 0 aromatic rings. The monoisotopic (exact) mass is 256 g/mol. The maximum absolute atomic E-state index is 12.7. The molecular formula is C6H10F2N4O3S. The molecule has 1 aliphatic rings. The molecule has 0 amide bonds. The summed E-state index contributed by atoms with van der Waals surface area (Å²) in [6, 6.07) is 0. The van der Waals surface area contributed by atoms with Gasteiger partial charge in [-0.1, -0.05) is 9.58 Å². The van der Waals surface area contributed by atoms with Crippen molar-refractivity contribution in [2.45, 2.75) is 0 Å². The van der Waals surface area contributed by atoms with Crippen molar-refractivity contribution in [1.29, 1.82) is 0 Å². The first kappa shape index (κ1) is 12.6. The second-order valence-corrected chi connectivity index (χ2v) is 4.60. The van der Waals surface area contributed by atoms with Crippen molar-refractivity contribution in [3.05, 3.63) is 11.9 Å². The fourth-order valence-electron chi connectivity index (χ4n) is 0.946. The Bertz CT molecular complexity index is 421. The molecular weight excluding hydrogens is 246 g/mol. The van der Waals surface area contributed by atoms with Gasteiger partial charge in [0, 0.05) is 19.7 Å². The Balaban J connectivity index is 2.61. The highest BCUT2D eigenvalue weighted by molar-refractivity contribution is 7.85. The molecule has 0 spiro atoms. The number of hydrogen-bond donors (Lipinski definition) is 2. The molecule has 0 aromatic carbocycles. The van der Waals surface area contributed by atoms with Gasteiger partial charge in [-0.2, -0.15) is 12.8 Å². The van der Waals surface area contributed by atoms with Gasteiger partial charge in [-0.3, -0.25) is 4.55 Å². The van der Waals surface area contributed by atoms with E-state index in [2.05, 4.69) is 5.10 Å². The van der Waals surface area contributed by atoms with E-state index in [-0.39, 0.29) is 17.7 Å². The van der Waals surface area contributed by atoms with E-state index in [1.807, 2.05) is 5.43 Å². The molecule has 10 heteroatoms. The van der Waals surface area contributed by atoms with E-state index >= 15 is 0 Å². The Labute approximate surface area is 90.7 Å². The van der Waals surface area contributed by atoms with Crippen molar-refractivity contribution in [2.75, 3.05) is 19.3 Å². The Morgan fingerprint density at radius 3 is 2.81 bits per heavy atom. The van der Waals surface area contributed by atoms with E-state index < -0.39 is 21.8 Å². The van der Waals surface area contributed by atoms with Crippen LogP contribution in [0, 0.1) is 0 Å². The van der Waals surface area contributed by atoms with Crippen molar-refractivity contribution in [3.8, 4) is 0 Å². The molecule has 1 rings (SSSR count). The van der Waals surface area contributed by atoms with E-state index in [1.165, 1.54) is 11.9 Å². The maximum Gasteiger partial charge on any atom is 0.266 e. The topological polar surface area (TPSA) is 85.2 Å². The second kappa shape index (κ2) is 4.61. The Morgan fingerprint density at radius 2 is 2.31 bits per heavy atom. The number of nitrogens with one attached hydrogen (secondary N) is 1. The van der Waals surface area contributed by atoms with Crippen LogP contribution in [0.15, 0.2) is 17.0 Å². The molecule has 92 valence electrons. The summed E-state index contributed by atoms with van der Waals surface area (Å²) < 4.78 is 54.7. The normalized spacial score (nSPS) is 16.4. The van der Waals surface area contributed by atoms with E-state index in [9.17, 15) is 17.3 Å². The van der Waals surface area contributed by atoms with Crippen molar-refractivity contribution in [3.63, 3.8) is 0 Å². The van der Waals surface area contributed by atoms with Crippen LogP contribution >= 0.6 is 0 Å². The fraction of sp³-hybridized carbons (Fsp3) is 0.500. The lowest BCUT2D eigenvalue weighted by Crippen LogP contribution is -2.39. The van der Waals surface area contributed by atoms with Crippen molar-refractivity contribution in [1.82, 2.24) is 15.7 Å². The first-order valence-electron chi connectivity index (χ1n) is 4.12. The lowest BCUT2D eigenvalue weighted by atomic mass is 10.5. The first-order chi connectivity index (χ1) is 7.28. The minimum atomic E-state index is -4.11. The molecule has 1 aliphatic heterocycles. The fourth-order valence-corrected chi connectivity index (χ4v) is 1.45. The summed E-state index contributed by atoms with van der Waals surface area (Å²) in [4.78, 5) is 1.22. The molecule has 0 fully saturated rings. The van der Waals surface area contributed by atoms with Gasteiger partial charge in [0.25, 0.3) is 10.1 Å². The number of allylic oxidation sites excluding steroid dienone is 1. The molecule has 0 saturated carbocycles. The molecule has 0 bridgehead atoms. The molecule has 2 N–H and O–H groups in total. The van der Waals surface area contributed by atoms with Crippen molar-refractivity contribution in [2.24, 2.45) is 5.10 Å². The highest BCUT2D eigenvalue weighted by Gasteiger charge is 2.16. The zero-order chi connectivity index (χ0) is 12.3. The van der Waals surface area contributed by atoms with Crippen LogP contribution in [0.5, 0.6) is 0 Å². The van der Waals surface area contributed by atoms with Crippen LogP contribution < -0.4 is 5.43 Å². The van der Waals surface area contributed by atoms with Gasteiger partial charge in [-0.25, -0.2) is 5.43 Å². The van der Waals surface area contributed by atoms with Crippen molar-refractivity contribution < 1.29 is 21.8 Å². The molecule has 0 unspecified atom stereocenters. The number of nitrogens with zero attached hydrogens (tertiary/aromatic N) is 3. The lowest BCUT2D eigenvalue weighted by Gasteiger charge is -2.25. The highest BCUT2D eigenvalue weighted by Crippen LogP contribution is 2.07. The van der Waals surface area contributed by atoms with E-state index in [0.29, 0.717) is 0 Å². The number of hydrazone groups is 1. The van der Waals surface area contributed by atoms with Gasteiger partial charge in [0.2, 0.25) is 5.97 Å². The van der Waals surface area contributed by atoms with Gasteiger partial charge in [-0.05, 0) is 5.34 Å². The standard InChI is InChI=1S/C6H10F2N4O3S/c1-11(2-3-16(13,14)15)6-4-5(7)9-12(8)10-6/h4,10H,2-3H2,1H3,(H,13,14,15). The largest absolute Gasteiger partial charge is 0.359 e. The molecule has 1 heterocycles. The predicted octanol–water partition coefficient (Wildman–Crippen LogP) is -0.365. The summed E-state index contributed by atoms with van der Waals surface area (Å²) in [5, 5.41) is 2.42. The van der Waals surface area contributed by atoms with Crippen LogP contribution in [-0.2, 0) is 10.1 Å².